The van der Waals surface area contributed by atoms with Crippen molar-refractivity contribution in [3.8, 4) is 0 Å². The third kappa shape index (κ3) is 4.15. The zero-order chi connectivity index (χ0) is 15.5. The molecule has 0 bridgehead atoms. The molecule has 1 heterocycles. The van der Waals surface area contributed by atoms with Gasteiger partial charge in [-0.25, -0.2) is 4.98 Å². The zero-order valence-electron chi connectivity index (χ0n) is 12.6. The number of thiazole rings is 1. The molecule has 1 aromatic carbocycles. The average Bonchev–Trinajstić information content (AvgIpc) is 2.81. The Labute approximate surface area is 128 Å². The number of benzene rings is 1. The fraction of sp³-hybridized carbons (Fsp3) is 0.467. The van der Waals surface area contributed by atoms with E-state index in [-0.39, 0.29) is 11.3 Å². The minimum Gasteiger partial charge on any atom is -0.385 e. The van der Waals surface area contributed by atoms with E-state index in [1.165, 1.54) is 11.3 Å². The topological polar surface area (TPSA) is 77.2 Å². The minimum atomic E-state index is -0.0747. The van der Waals surface area contributed by atoms with Crippen LogP contribution in [0, 0.1) is 5.41 Å². The maximum atomic E-state index is 12.2. The highest BCUT2D eigenvalue weighted by molar-refractivity contribution is 7.22. The Hall–Kier alpha value is -1.66. The molecule has 0 fully saturated rings. The third-order valence-corrected chi connectivity index (χ3v) is 4.22. The first-order chi connectivity index (χ1) is 9.91. The summed E-state index contributed by atoms with van der Waals surface area (Å²) >= 11 is 1.39. The average molecular weight is 307 g/mol. The molecule has 2 aromatic rings. The number of carbonyl (C=O) groups is 1. The molecule has 0 saturated heterocycles. The number of carbonyl (C=O) groups excluding carboxylic acids is 1. The number of amides is 1. The number of aromatic nitrogens is 1. The lowest BCUT2D eigenvalue weighted by Gasteiger charge is -2.24. The summed E-state index contributed by atoms with van der Waals surface area (Å²) in [7, 11) is 1.69. The van der Waals surface area contributed by atoms with Crippen LogP contribution in [-0.2, 0) is 4.74 Å². The molecule has 0 radical (unpaired) electrons. The lowest BCUT2D eigenvalue weighted by atomic mass is 9.89. The lowest BCUT2D eigenvalue weighted by Crippen LogP contribution is -2.34. The van der Waals surface area contributed by atoms with Crippen molar-refractivity contribution in [3.05, 3.63) is 23.8 Å². The maximum Gasteiger partial charge on any atom is 0.251 e. The molecule has 0 aliphatic heterocycles. The van der Waals surface area contributed by atoms with E-state index >= 15 is 0 Å². The molecule has 0 saturated carbocycles. The van der Waals surface area contributed by atoms with E-state index in [9.17, 15) is 4.79 Å². The molecular formula is C15H21N3O2S. The predicted molar refractivity (Wildman–Crippen MR) is 86.6 cm³/mol. The van der Waals surface area contributed by atoms with Gasteiger partial charge in [0.05, 0.1) is 10.2 Å². The van der Waals surface area contributed by atoms with Crippen LogP contribution in [0.5, 0.6) is 0 Å². The van der Waals surface area contributed by atoms with Gasteiger partial charge < -0.3 is 15.8 Å². The van der Waals surface area contributed by atoms with Crippen LogP contribution >= 0.6 is 11.3 Å². The summed E-state index contributed by atoms with van der Waals surface area (Å²) in [6.45, 7) is 5.52. The largest absolute Gasteiger partial charge is 0.385 e. The van der Waals surface area contributed by atoms with Gasteiger partial charge in [-0.05, 0) is 30.0 Å². The molecular weight excluding hydrogens is 286 g/mol. The van der Waals surface area contributed by atoms with E-state index in [4.69, 9.17) is 10.5 Å². The van der Waals surface area contributed by atoms with Crippen LogP contribution in [0.15, 0.2) is 18.2 Å². The Morgan fingerprint density at radius 3 is 2.95 bits per heavy atom. The van der Waals surface area contributed by atoms with Crippen molar-refractivity contribution < 1.29 is 9.53 Å². The summed E-state index contributed by atoms with van der Waals surface area (Å²) in [4.78, 5) is 16.4. The van der Waals surface area contributed by atoms with Gasteiger partial charge in [0.2, 0.25) is 0 Å². The van der Waals surface area contributed by atoms with Gasteiger partial charge in [0, 0.05) is 25.8 Å². The number of rotatable bonds is 6. The van der Waals surface area contributed by atoms with E-state index in [0.717, 1.165) is 16.6 Å². The third-order valence-electron chi connectivity index (χ3n) is 3.38. The van der Waals surface area contributed by atoms with Crippen LogP contribution in [0.3, 0.4) is 0 Å². The van der Waals surface area contributed by atoms with Gasteiger partial charge in [-0.15, -0.1) is 0 Å². The second kappa shape index (κ2) is 6.41. The van der Waals surface area contributed by atoms with Crippen molar-refractivity contribution in [2.24, 2.45) is 5.41 Å². The molecule has 0 aliphatic carbocycles. The van der Waals surface area contributed by atoms with Crippen molar-refractivity contribution in [1.82, 2.24) is 10.3 Å². The molecule has 0 unspecified atom stereocenters. The first kappa shape index (κ1) is 15.7. The fourth-order valence-corrected chi connectivity index (χ4v) is 2.75. The first-order valence-corrected chi connectivity index (χ1v) is 7.66. The summed E-state index contributed by atoms with van der Waals surface area (Å²) < 4.78 is 6.02. The molecule has 1 amide bonds. The molecule has 0 spiro atoms. The van der Waals surface area contributed by atoms with Gasteiger partial charge in [0.15, 0.2) is 5.13 Å². The maximum absolute atomic E-state index is 12.2. The lowest BCUT2D eigenvalue weighted by molar-refractivity contribution is 0.0921. The quantitative estimate of drug-likeness (QED) is 0.860. The molecule has 2 rings (SSSR count). The van der Waals surface area contributed by atoms with Gasteiger partial charge in [0.1, 0.15) is 0 Å². The molecule has 114 valence electrons. The van der Waals surface area contributed by atoms with Crippen LogP contribution in [-0.4, -0.2) is 31.2 Å². The van der Waals surface area contributed by atoms with E-state index in [0.29, 0.717) is 23.8 Å². The molecule has 5 nitrogen and oxygen atoms in total. The van der Waals surface area contributed by atoms with Crippen molar-refractivity contribution in [2.45, 2.75) is 20.3 Å². The number of anilines is 1. The van der Waals surface area contributed by atoms with E-state index < -0.39 is 0 Å². The van der Waals surface area contributed by atoms with Gasteiger partial charge in [-0.1, -0.05) is 25.2 Å². The van der Waals surface area contributed by atoms with Crippen LogP contribution < -0.4 is 11.1 Å². The summed E-state index contributed by atoms with van der Waals surface area (Å²) in [5, 5.41) is 3.50. The normalized spacial score (nSPS) is 11.8. The molecule has 6 heteroatoms. The summed E-state index contributed by atoms with van der Waals surface area (Å²) in [6, 6.07) is 5.44. The Bertz CT molecular complexity index is 637. The van der Waals surface area contributed by atoms with Gasteiger partial charge in [-0.3, -0.25) is 4.79 Å². The van der Waals surface area contributed by atoms with Gasteiger partial charge >= 0.3 is 0 Å². The summed E-state index contributed by atoms with van der Waals surface area (Å²) in [5.41, 5.74) is 7.14. The Morgan fingerprint density at radius 2 is 2.24 bits per heavy atom. The van der Waals surface area contributed by atoms with E-state index in [2.05, 4.69) is 24.1 Å². The number of nitrogen functional groups attached to an aromatic ring is 1. The molecule has 1 aromatic heterocycles. The Morgan fingerprint density at radius 1 is 1.48 bits per heavy atom. The number of fused-ring (bicyclic) bond motifs is 1. The van der Waals surface area contributed by atoms with Crippen molar-refractivity contribution in [1.29, 1.82) is 0 Å². The monoisotopic (exact) mass is 307 g/mol. The van der Waals surface area contributed by atoms with Crippen LogP contribution in [0.1, 0.15) is 30.6 Å². The number of nitrogens with zero attached hydrogens (tertiary/aromatic N) is 1. The second-order valence-corrected chi connectivity index (χ2v) is 6.89. The number of hydrogen-bond acceptors (Lipinski definition) is 5. The van der Waals surface area contributed by atoms with E-state index in [1.807, 2.05) is 12.1 Å². The number of nitrogens with one attached hydrogen (secondary N) is 1. The number of hydrogen-bond donors (Lipinski definition) is 2. The van der Waals surface area contributed by atoms with Gasteiger partial charge in [-0.2, -0.15) is 0 Å². The zero-order valence-corrected chi connectivity index (χ0v) is 13.4. The van der Waals surface area contributed by atoms with Crippen LogP contribution in [0.2, 0.25) is 0 Å². The molecule has 0 aliphatic rings. The second-order valence-electron chi connectivity index (χ2n) is 5.82. The highest BCUT2D eigenvalue weighted by atomic mass is 32.1. The highest BCUT2D eigenvalue weighted by Gasteiger charge is 2.19. The smallest absolute Gasteiger partial charge is 0.251 e. The standard InChI is InChI=1S/C15H21N3O2S/c1-15(2,6-7-20-3)9-17-13(19)10-4-5-11-12(8-10)21-14(16)18-11/h4-5,8H,6-7,9H2,1-3H3,(H2,16,18)(H,17,19). The Kier molecular flexibility index (Phi) is 4.80. The fourth-order valence-electron chi connectivity index (χ4n) is 1.97. The highest BCUT2D eigenvalue weighted by Crippen LogP contribution is 2.25. The van der Waals surface area contributed by atoms with Crippen LogP contribution in [0.4, 0.5) is 5.13 Å². The van der Waals surface area contributed by atoms with Gasteiger partial charge in [0.25, 0.3) is 5.91 Å². The molecule has 0 atom stereocenters. The van der Waals surface area contributed by atoms with Crippen LogP contribution in [0.25, 0.3) is 10.2 Å². The van der Waals surface area contributed by atoms with Crippen molar-refractivity contribution in [2.75, 3.05) is 26.0 Å². The predicted octanol–water partition coefficient (Wildman–Crippen LogP) is 2.67. The first-order valence-electron chi connectivity index (χ1n) is 6.84. The summed E-state index contributed by atoms with van der Waals surface area (Å²) in [5.74, 6) is -0.0747. The minimum absolute atomic E-state index is 0.00465. The van der Waals surface area contributed by atoms with Crippen molar-refractivity contribution >= 4 is 32.6 Å². The van der Waals surface area contributed by atoms with Crippen molar-refractivity contribution in [3.63, 3.8) is 0 Å². The summed E-state index contributed by atoms with van der Waals surface area (Å²) in [6.07, 6.45) is 0.897. The number of ether oxygens (including phenoxy) is 1. The van der Waals surface area contributed by atoms with E-state index in [1.54, 1.807) is 13.2 Å². The Balaban J connectivity index is 2.01. The SMILES string of the molecule is COCCC(C)(C)CNC(=O)c1ccc2nc(N)sc2c1. The number of methoxy groups -OCH3 is 1. The number of nitrogens with two attached hydrogens (primary N) is 1. The molecule has 21 heavy (non-hydrogen) atoms. The molecule has 3 N–H and O–H groups in total.